The van der Waals surface area contributed by atoms with Crippen LogP contribution < -0.4 is 26.9 Å². The summed E-state index contributed by atoms with van der Waals surface area (Å²) in [5.74, 6) is -0.255. The molecule has 3 N–H and O–H groups in total. The molecule has 0 spiro atoms. The fraction of sp³-hybridized carbons (Fsp3) is 0.235. The van der Waals surface area contributed by atoms with Crippen molar-refractivity contribution in [2.24, 2.45) is 5.73 Å². The fourth-order valence-corrected chi connectivity index (χ4v) is 7.01. The molecule has 1 atom stereocenters. The zero-order valence-corrected chi connectivity index (χ0v) is 18.1. The quantitative estimate of drug-likeness (QED) is 0.483. The van der Waals surface area contributed by atoms with E-state index in [1.54, 1.807) is 22.8 Å². The van der Waals surface area contributed by atoms with Gasteiger partial charge in [-0.1, -0.05) is 0 Å². The number of benzene rings is 1. The van der Waals surface area contributed by atoms with Crippen molar-refractivity contribution in [1.82, 2.24) is 14.8 Å². The summed E-state index contributed by atoms with van der Waals surface area (Å²) in [7, 11) is 0. The molecule has 0 fully saturated rings. The minimum absolute atomic E-state index is 0.248. The number of nitrogens with two attached hydrogens (primary N) is 1. The van der Waals surface area contributed by atoms with Crippen molar-refractivity contribution >= 4 is 28.9 Å². The van der Waals surface area contributed by atoms with Crippen LogP contribution in [0.3, 0.4) is 0 Å². The molecule has 0 aliphatic heterocycles. The molecule has 0 bridgehead atoms. The third kappa shape index (κ3) is 3.64. The van der Waals surface area contributed by atoms with Crippen LogP contribution in [-0.4, -0.2) is 25.8 Å². The standard InChI is InChI=1S/C17H17ClIN4O2S/c1-8-9(2)26-16(13(8)19-12-6-4-11(18)5-7-12)23-10(3)21-22-15(23)14(20)17(24)25/h4-7,14H,20H2,1-3H3,(H,24,25)/q-1. The van der Waals surface area contributed by atoms with Crippen molar-refractivity contribution in [3.63, 3.8) is 0 Å². The SMILES string of the molecule is Cc1sc(-n2c(C)nnc2C(N)C(=O)O)c([I-]c2ccc(Cl)cc2)c1C. The van der Waals surface area contributed by atoms with E-state index in [1.807, 2.05) is 24.3 Å². The molecule has 9 heteroatoms. The minimum atomic E-state index is -1.22. The Morgan fingerprint density at radius 1 is 1.27 bits per heavy atom. The number of carboxylic acids is 1. The molecule has 138 valence electrons. The van der Waals surface area contributed by atoms with Gasteiger partial charge in [-0.2, -0.15) is 0 Å². The Balaban J connectivity index is 2.13. The van der Waals surface area contributed by atoms with Crippen LogP contribution in [-0.2, 0) is 4.79 Å². The molecule has 2 aromatic heterocycles. The van der Waals surface area contributed by atoms with Gasteiger partial charge in [0, 0.05) is 0 Å². The molecule has 1 unspecified atom stereocenters. The summed E-state index contributed by atoms with van der Waals surface area (Å²) in [6, 6.07) is 6.63. The summed E-state index contributed by atoms with van der Waals surface area (Å²) in [4.78, 5) is 12.6. The second-order valence-corrected chi connectivity index (χ2v) is 10.2. The van der Waals surface area contributed by atoms with Crippen LogP contribution in [0.1, 0.15) is 28.1 Å². The third-order valence-electron chi connectivity index (χ3n) is 3.90. The van der Waals surface area contributed by atoms with Gasteiger partial charge in [-0.3, -0.25) is 0 Å². The Labute approximate surface area is 170 Å². The van der Waals surface area contributed by atoms with Gasteiger partial charge in [0.1, 0.15) is 0 Å². The molecule has 26 heavy (non-hydrogen) atoms. The number of thiophene rings is 1. The zero-order chi connectivity index (χ0) is 19.0. The van der Waals surface area contributed by atoms with E-state index in [0.717, 1.165) is 5.00 Å². The third-order valence-corrected chi connectivity index (χ3v) is 8.91. The van der Waals surface area contributed by atoms with Crippen LogP contribution >= 0.6 is 22.9 Å². The second-order valence-electron chi connectivity index (χ2n) is 5.69. The number of aromatic nitrogens is 3. The number of rotatable bonds is 5. The number of aryl methyl sites for hydroxylation is 2. The molecule has 0 saturated carbocycles. The van der Waals surface area contributed by atoms with Crippen LogP contribution in [0.2, 0.25) is 5.02 Å². The fourth-order valence-electron chi connectivity index (χ4n) is 2.38. The Morgan fingerprint density at radius 2 is 1.92 bits per heavy atom. The normalized spacial score (nSPS) is 12.5. The second kappa shape index (κ2) is 7.63. The summed E-state index contributed by atoms with van der Waals surface area (Å²) in [6.07, 6.45) is 0. The first-order valence-corrected chi connectivity index (χ1v) is 11.1. The maximum atomic E-state index is 11.4. The molecule has 0 aliphatic carbocycles. The molecule has 0 amide bonds. The van der Waals surface area contributed by atoms with Gasteiger partial charge >= 0.3 is 171 Å². The average molecular weight is 504 g/mol. The van der Waals surface area contributed by atoms with Gasteiger partial charge in [0.2, 0.25) is 0 Å². The van der Waals surface area contributed by atoms with E-state index in [9.17, 15) is 9.90 Å². The van der Waals surface area contributed by atoms with E-state index in [-0.39, 0.29) is 5.82 Å². The first-order valence-electron chi connectivity index (χ1n) is 7.70. The Hall–Kier alpha value is -1.49. The van der Waals surface area contributed by atoms with E-state index < -0.39 is 33.2 Å². The number of carboxylic acid groups (broad SMARTS) is 1. The van der Waals surface area contributed by atoms with E-state index in [0.29, 0.717) is 10.8 Å². The van der Waals surface area contributed by atoms with Crippen LogP contribution in [0.15, 0.2) is 24.3 Å². The molecular formula is C17H17ClIN4O2S-. The summed E-state index contributed by atoms with van der Waals surface area (Å²) < 4.78 is 4.23. The van der Waals surface area contributed by atoms with Gasteiger partial charge in [-0.15, -0.1) is 0 Å². The topological polar surface area (TPSA) is 94.0 Å². The molecule has 0 saturated heterocycles. The molecule has 2 heterocycles. The van der Waals surface area contributed by atoms with Crippen molar-refractivity contribution < 1.29 is 31.1 Å². The van der Waals surface area contributed by atoms with E-state index >= 15 is 0 Å². The molecule has 3 aromatic rings. The number of carbonyl (C=O) groups is 1. The number of hydrogen-bond donors (Lipinski definition) is 2. The molecule has 0 aliphatic rings. The first-order chi connectivity index (χ1) is 12.3. The van der Waals surface area contributed by atoms with Crippen LogP contribution in [0.5, 0.6) is 0 Å². The van der Waals surface area contributed by atoms with Crippen molar-refractivity contribution in [2.75, 3.05) is 0 Å². The van der Waals surface area contributed by atoms with Crippen molar-refractivity contribution in [3.05, 3.63) is 58.5 Å². The monoisotopic (exact) mass is 503 g/mol. The first kappa shape index (κ1) is 19.3. The Morgan fingerprint density at radius 3 is 2.54 bits per heavy atom. The van der Waals surface area contributed by atoms with Gasteiger partial charge in [-0.25, -0.2) is 0 Å². The molecule has 6 nitrogen and oxygen atoms in total. The Bertz CT molecular complexity index is 968. The van der Waals surface area contributed by atoms with E-state index in [2.05, 4.69) is 24.0 Å². The molecular weight excluding hydrogens is 487 g/mol. The van der Waals surface area contributed by atoms with Gasteiger partial charge in [-0.05, 0) is 0 Å². The van der Waals surface area contributed by atoms with E-state index in [4.69, 9.17) is 17.3 Å². The molecule has 1 aromatic carbocycles. The maximum absolute atomic E-state index is 11.4. The number of hydrogen-bond acceptors (Lipinski definition) is 5. The van der Waals surface area contributed by atoms with Crippen LogP contribution in [0.25, 0.3) is 5.00 Å². The summed E-state index contributed by atoms with van der Waals surface area (Å²) in [5.41, 5.74) is 7.05. The molecule has 0 radical (unpaired) electrons. The van der Waals surface area contributed by atoms with Crippen molar-refractivity contribution in [2.45, 2.75) is 26.8 Å². The number of nitrogens with zero attached hydrogens (tertiary/aromatic N) is 3. The summed E-state index contributed by atoms with van der Waals surface area (Å²) in [5, 5.41) is 19.0. The predicted molar refractivity (Wildman–Crippen MR) is 96.9 cm³/mol. The van der Waals surface area contributed by atoms with Crippen LogP contribution in [0, 0.1) is 27.9 Å². The van der Waals surface area contributed by atoms with Gasteiger partial charge in [0.15, 0.2) is 0 Å². The van der Waals surface area contributed by atoms with Gasteiger partial charge in [0.25, 0.3) is 0 Å². The zero-order valence-electron chi connectivity index (χ0n) is 14.3. The van der Waals surface area contributed by atoms with E-state index in [1.165, 1.54) is 17.6 Å². The van der Waals surface area contributed by atoms with Crippen LogP contribution in [0.4, 0.5) is 0 Å². The number of aliphatic carboxylic acids is 1. The van der Waals surface area contributed by atoms with Gasteiger partial charge in [0.05, 0.1) is 0 Å². The van der Waals surface area contributed by atoms with Gasteiger partial charge < -0.3 is 0 Å². The summed E-state index contributed by atoms with van der Waals surface area (Å²) >= 11 is 7.12. The summed E-state index contributed by atoms with van der Waals surface area (Å²) in [6.45, 7) is 5.96. The van der Waals surface area contributed by atoms with Crippen molar-refractivity contribution in [3.8, 4) is 5.00 Å². The number of halogens is 2. The predicted octanol–water partition coefficient (Wildman–Crippen LogP) is 0.120. The average Bonchev–Trinajstić information content (AvgIpc) is 3.10. The molecule has 3 rings (SSSR count). The Kier molecular flexibility index (Phi) is 5.66. The van der Waals surface area contributed by atoms with Crippen molar-refractivity contribution in [1.29, 1.82) is 0 Å².